The van der Waals surface area contributed by atoms with Gasteiger partial charge in [0.2, 0.25) is 0 Å². The van der Waals surface area contributed by atoms with Gasteiger partial charge in [0.1, 0.15) is 0 Å². The first-order valence-electron chi connectivity index (χ1n) is 5.19. The third-order valence-corrected chi connectivity index (χ3v) is 4.68. The zero-order chi connectivity index (χ0) is 9.27. The molecule has 0 unspecified atom stereocenters. The molecule has 1 aliphatic heterocycles. The van der Waals surface area contributed by atoms with Gasteiger partial charge in [-0.1, -0.05) is 13.8 Å². The van der Waals surface area contributed by atoms with E-state index in [1.54, 1.807) is 7.69 Å². The fraction of sp³-hybridized carbons (Fsp3) is 1.00. The molecule has 4 rings (SSSR count). The summed E-state index contributed by atoms with van der Waals surface area (Å²) in [4.78, 5) is 0. The molecular formula is C10H16BO2. The Balaban J connectivity index is 1.94. The van der Waals surface area contributed by atoms with Crippen LogP contribution in [0.3, 0.4) is 0 Å². The summed E-state index contributed by atoms with van der Waals surface area (Å²) >= 11 is 0. The van der Waals surface area contributed by atoms with Crippen molar-refractivity contribution in [3.8, 4) is 0 Å². The average Bonchev–Trinajstić information content (AvgIpc) is 2.44. The molecular weight excluding hydrogens is 163 g/mol. The zero-order valence-electron chi connectivity index (χ0n) is 8.54. The lowest BCUT2D eigenvalue weighted by atomic mass is 9.45. The van der Waals surface area contributed by atoms with Gasteiger partial charge in [0.05, 0.1) is 11.7 Å². The van der Waals surface area contributed by atoms with E-state index in [0.29, 0.717) is 17.4 Å². The van der Waals surface area contributed by atoms with E-state index in [2.05, 4.69) is 20.8 Å². The molecule has 4 fully saturated rings. The summed E-state index contributed by atoms with van der Waals surface area (Å²) in [5.41, 5.74) is 0.467. The van der Waals surface area contributed by atoms with Crippen molar-refractivity contribution in [1.82, 2.24) is 0 Å². The zero-order valence-corrected chi connectivity index (χ0v) is 8.54. The van der Waals surface area contributed by atoms with Crippen LogP contribution in [-0.4, -0.2) is 19.4 Å². The Morgan fingerprint density at radius 3 is 2.77 bits per heavy atom. The lowest BCUT2D eigenvalue weighted by molar-refractivity contribution is -0.185. The molecule has 3 aliphatic carbocycles. The van der Waals surface area contributed by atoms with Crippen molar-refractivity contribution in [3.05, 3.63) is 0 Å². The fourth-order valence-corrected chi connectivity index (χ4v) is 3.50. The Morgan fingerprint density at radius 1 is 1.31 bits per heavy atom. The van der Waals surface area contributed by atoms with Gasteiger partial charge in [0, 0.05) is 0 Å². The van der Waals surface area contributed by atoms with Crippen LogP contribution in [0.4, 0.5) is 0 Å². The molecule has 1 heterocycles. The highest BCUT2D eigenvalue weighted by atomic mass is 16.6. The van der Waals surface area contributed by atoms with Crippen LogP contribution in [0.1, 0.15) is 33.6 Å². The van der Waals surface area contributed by atoms with Gasteiger partial charge in [0.15, 0.2) is 0 Å². The molecule has 2 bridgehead atoms. The van der Waals surface area contributed by atoms with Crippen LogP contribution < -0.4 is 0 Å². The second-order valence-corrected chi connectivity index (χ2v) is 5.65. The number of hydrogen-bond acceptors (Lipinski definition) is 2. The highest BCUT2D eigenvalue weighted by molar-refractivity contribution is 6.19. The summed E-state index contributed by atoms with van der Waals surface area (Å²) in [5, 5.41) is 0. The Morgan fingerprint density at radius 2 is 2.08 bits per heavy atom. The van der Waals surface area contributed by atoms with Crippen molar-refractivity contribution in [2.75, 3.05) is 0 Å². The molecule has 1 saturated heterocycles. The second kappa shape index (κ2) is 2.14. The van der Waals surface area contributed by atoms with E-state index in [4.69, 9.17) is 9.31 Å². The minimum absolute atomic E-state index is 0.0108. The minimum Gasteiger partial charge on any atom is -0.407 e. The summed E-state index contributed by atoms with van der Waals surface area (Å²) < 4.78 is 11.2. The summed E-state index contributed by atoms with van der Waals surface area (Å²) in [7, 11) is 1.56. The first-order chi connectivity index (χ1) is 6.04. The predicted molar refractivity (Wildman–Crippen MR) is 50.1 cm³/mol. The van der Waals surface area contributed by atoms with Crippen LogP contribution in [0.25, 0.3) is 0 Å². The van der Waals surface area contributed by atoms with Gasteiger partial charge in [-0.05, 0) is 37.0 Å². The molecule has 1 radical (unpaired) electrons. The fourth-order valence-electron chi connectivity index (χ4n) is 3.50. The van der Waals surface area contributed by atoms with Gasteiger partial charge in [-0.3, -0.25) is 0 Å². The summed E-state index contributed by atoms with van der Waals surface area (Å²) in [6.07, 6.45) is 2.81. The lowest BCUT2D eigenvalue weighted by Gasteiger charge is -2.63. The standard InChI is InChI=1S/C10H16BO2/c1-9(2)6-4-7(9)8-10(3,5-6)13-11-12-8/h6-8H,4-5H2,1-3H3/t6-,7+,8-,10+/m1/s1. The molecule has 0 N–H and O–H groups in total. The van der Waals surface area contributed by atoms with Gasteiger partial charge >= 0.3 is 7.69 Å². The molecule has 0 aromatic rings. The van der Waals surface area contributed by atoms with Crippen molar-refractivity contribution in [1.29, 1.82) is 0 Å². The van der Waals surface area contributed by atoms with Gasteiger partial charge in [-0.2, -0.15) is 0 Å². The largest absolute Gasteiger partial charge is 0.488 e. The lowest BCUT2D eigenvalue weighted by Crippen LogP contribution is -2.63. The Labute approximate surface area is 80.3 Å². The van der Waals surface area contributed by atoms with Crippen LogP contribution in [-0.2, 0) is 9.31 Å². The van der Waals surface area contributed by atoms with E-state index in [1.165, 1.54) is 6.42 Å². The molecule has 0 aromatic carbocycles. The summed E-state index contributed by atoms with van der Waals surface area (Å²) in [6.45, 7) is 6.93. The monoisotopic (exact) mass is 179 g/mol. The van der Waals surface area contributed by atoms with E-state index in [0.717, 1.165) is 12.3 Å². The van der Waals surface area contributed by atoms with Crippen molar-refractivity contribution >= 4 is 7.69 Å². The van der Waals surface area contributed by atoms with Crippen LogP contribution in [0.5, 0.6) is 0 Å². The van der Waals surface area contributed by atoms with E-state index in [9.17, 15) is 0 Å². The molecule has 4 atom stereocenters. The maximum atomic E-state index is 5.60. The Hall–Kier alpha value is -0.0151. The minimum atomic E-state index is -0.0108. The van der Waals surface area contributed by atoms with Crippen LogP contribution in [0, 0.1) is 17.3 Å². The van der Waals surface area contributed by atoms with Crippen LogP contribution >= 0.6 is 0 Å². The van der Waals surface area contributed by atoms with E-state index >= 15 is 0 Å². The van der Waals surface area contributed by atoms with Gasteiger partial charge < -0.3 is 9.31 Å². The van der Waals surface area contributed by atoms with Gasteiger partial charge in [0.25, 0.3) is 0 Å². The number of hydrogen-bond donors (Lipinski definition) is 0. The first kappa shape index (κ1) is 8.31. The normalized spacial score (nSPS) is 56.4. The molecule has 3 heteroatoms. The van der Waals surface area contributed by atoms with Crippen molar-refractivity contribution < 1.29 is 9.31 Å². The van der Waals surface area contributed by atoms with Crippen molar-refractivity contribution in [2.45, 2.75) is 45.3 Å². The molecule has 3 saturated carbocycles. The average molecular weight is 179 g/mol. The Kier molecular flexibility index (Phi) is 1.37. The number of rotatable bonds is 0. The van der Waals surface area contributed by atoms with Gasteiger partial charge in [-0.15, -0.1) is 0 Å². The molecule has 71 valence electrons. The van der Waals surface area contributed by atoms with Crippen LogP contribution in [0.15, 0.2) is 0 Å². The third-order valence-electron chi connectivity index (χ3n) is 4.68. The first-order valence-corrected chi connectivity index (χ1v) is 5.19. The summed E-state index contributed by atoms with van der Waals surface area (Å²) in [5.74, 6) is 1.55. The second-order valence-electron chi connectivity index (χ2n) is 5.65. The molecule has 0 aromatic heterocycles. The maximum absolute atomic E-state index is 5.60. The molecule has 0 spiro atoms. The maximum Gasteiger partial charge on any atom is 0.488 e. The van der Waals surface area contributed by atoms with Crippen LogP contribution in [0.2, 0.25) is 0 Å². The molecule has 0 amide bonds. The smallest absolute Gasteiger partial charge is 0.407 e. The Bertz CT molecular complexity index is 253. The quantitative estimate of drug-likeness (QED) is 0.527. The van der Waals surface area contributed by atoms with E-state index < -0.39 is 0 Å². The highest BCUT2D eigenvalue weighted by Gasteiger charge is 2.64. The van der Waals surface area contributed by atoms with Gasteiger partial charge in [-0.25, -0.2) is 0 Å². The SMILES string of the molecule is CC1(C)[C@@H]2C[C@H]1[C@H]1O[B]O[C@@]1(C)C2. The van der Waals surface area contributed by atoms with E-state index in [-0.39, 0.29) is 5.60 Å². The van der Waals surface area contributed by atoms with Crippen molar-refractivity contribution in [2.24, 2.45) is 17.3 Å². The summed E-state index contributed by atoms with van der Waals surface area (Å²) in [6, 6.07) is 0. The highest BCUT2D eigenvalue weighted by Crippen LogP contribution is 2.64. The van der Waals surface area contributed by atoms with E-state index in [1.807, 2.05) is 0 Å². The van der Waals surface area contributed by atoms with Crippen molar-refractivity contribution in [3.63, 3.8) is 0 Å². The molecule has 13 heavy (non-hydrogen) atoms. The predicted octanol–water partition coefficient (Wildman–Crippen LogP) is 1.76. The molecule has 4 aliphatic rings. The third kappa shape index (κ3) is 0.828. The topological polar surface area (TPSA) is 18.5 Å². The molecule has 2 nitrogen and oxygen atoms in total.